The van der Waals surface area contributed by atoms with Gasteiger partial charge in [-0.25, -0.2) is 9.78 Å². The number of imidazole rings is 1. The first-order chi connectivity index (χ1) is 7.80. The fourth-order valence-electron chi connectivity index (χ4n) is 1.55. The third-order valence-electron chi connectivity index (χ3n) is 2.39. The largest absolute Gasteiger partial charge is 0.476 e. The molecule has 0 atom stereocenters. The molecule has 2 aromatic heterocycles. The number of alkyl halides is 3. The van der Waals surface area contributed by atoms with E-state index in [1.165, 1.54) is 11.3 Å². The molecule has 0 aliphatic heterocycles. The van der Waals surface area contributed by atoms with Crippen molar-refractivity contribution in [3.63, 3.8) is 0 Å². The molecular formula is C10H7F3N2O2. The van der Waals surface area contributed by atoms with Gasteiger partial charge in [0.05, 0.1) is 11.3 Å². The van der Waals surface area contributed by atoms with Gasteiger partial charge in [0.15, 0.2) is 5.69 Å². The number of fused-ring (bicyclic) bond motifs is 1. The molecule has 0 saturated heterocycles. The average molecular weight is 244 g/mol. The summed E-state index contributed by atoms with van der Waals surface area (Å²) < 4.78 is 38.6. The summed E-state index contributed by atoms with van der Waals surface area (Å²) in [6, 6.07) is 1.70. The SMILES string of the molecule is Cc1c(C(=O)O)nc2cc(C(F)(F)F)ccn12. The Morgan fingerprint density at radius 3 is 2.65 bits per heavy atom. The van der Waals surface area contributed by atoms with Crippen LogP contribution in [0.1, 0.15) is 21.7 Å². The van der Waals surface area contributed by atoms with E-state index in [1.54, 1.807) is 0 Å². The van der Waals surface area contributed by atoms with Gasteiger partial charge in [-0.05, 0) is 19.1 Å². The van der Waals surface area contributed by atoms with E-state index in [1.807, 2.05) is 0 Å². The molecule has 0 fully saturated rings. The molecule has 1 N–H and O–H groups in total. The second-order valence-electron chi connectivity index (χ2n) is 3.49. The number of rotatable bonds is 1. The van der Waals surface area contributed by atoms with Crippen LogP contribution in [0.15, 0.2) is 18.3 Å². The summed E-state index contributed by atoms with van der Waals surface area (Å²) in [6.45, 7) is 1.48. The van der Waals surface area contributed by atoms with Crippen molar-refractivity contribution in [1.82, 2.24) is 9.38 Å². The number of carbonyl (C=O) groups is 1. The molecule has 0 radical (unpaired) electrons. The van der Waals surface area contributed by atoms with Crippen LogP contribution in [0.2, 0.25) is 0 Å². The zero-order valence-electron chi connectivity index (χ0n) is 8.62. The van der Waals surface area contributed by atoms with Crippen molar-refractivity contribution in [3.05, 3.63) is 35.3 Å². The zero-order chi connectivity index (χ0) is 12.8. The molecule has 0 spiro atoms. The van der Waals surface area contributed by atoms with Crippen molar-refractivity contribution >= 4 is 11.6 Å². The Bertz CT molecular complexity index is 601. The van der Waals surface area contributed by atoms with Crippen LogP contribution in [0.3, 0.4) is 0 Å². The standard InChI is InChI=1S/C10H7F3N2O2/c1-5-8(9(16)17)14-7-4-6(10(11,12)13)2-3-15(5)7/h2-4H,1H3,(H,16,17). The lowest BCUT2D eigenvalue weighted by molar-refractivity contribution is -0.137. The van der Waals surface area contributed by atoms with Gasteiger partial charge < -0.3 is 9.51 Å². The average Bonchev–Trinajstić information content (AvgIpc) is 2.54. The highest BCUT2D eigenvalue weighted by Crippen LogP contribution is 2.30. The maximum atomic E-state index is 12.4. The van der Waals surface area contributed by atoms with E-state index >= 15 is 0 Å². The fraction of sp³-hybridized carbons (Fsp3) is 0.200. The number of nitrogens with zero attached hydrogens (tertiary/aromatic N) is 2. The molecule has 2 aromatic rings. The number of aromatic nitrogens is 2. The van der Waals surface area contributed by atoms with Crippen LogP contribution in [0.25, 0.3) is 5.65 Å². The minimum absolute atomic E-state index is 0.0327. The number of pyridine rings is 1. The molecule has 0 unspecified atom stereocenters. The van der Waals surface area contributed by atoms with E-state index in [0.29, 0.717) is 5.69 Å². The maximum Gasteiger partial charge on any atom is 0.416 e. The monoisotopic (exact) mass is 244 g/mol. The van der Waals surface area contributed by atoms with Crippen molar-refractivity contribution in [2.45, 2.75) is 13.1 Å². The van der Waals surface area contributed by atoms with Gasteiger partial charge in [-0.15, -0.1) is 0 Å². The lowest BCUT2D eigenvalue weighted by Crippen LogP contribution is -2.05. The molecular weight excluding hydrogens is 237 g/mol. The third-order valence-corrected chi connectivity index (χ3v) is 2.39. The van der Waals surface area contributed by atoms with Crippen LogP contribution >= 0.6 is 0 Å². The molecule has 0 bridgehead atoms. The normalized spacial score (nSPS) is 12.0. The summed E-state index contributed by atoms with van der Waals surface area (Å²) in [4.78, 5) is 14.4. The zero-order valence-corrected chi connectivity index (χ0v) is 8.62. The number of carboxylic acid groups (broad SMARTS) is 1. The first kappa shape index (κ1) is 11.4. The molecule has 7 heteroatoms. The molecule has 0 aliphatic rings. The smallest absolute Gasteiger partial charge is 0.416 e. The van der Waals surface area contributed by atoms with E-state index < -0.39 is 17.7 Å². The fourth-order valence-corrected chi connectivity index (χ4v) is 1.55. The van der Waals surface area contributed by atoms with Gasteiger partial charge in [-0.1, -0.05) is 0 Å². The number of aryl methyl sites for hydroxylation is 1. The Labute approximate surface area is 93.3 Å². The van der Waals surface area contributed by atoms with Gasteiger partial charge in [0.1, 0.15) is 5.65 Å². The summed E-state index contributed by atoms with van der Waals surface area (Å²) >= 11 is 0. The van der Waals surface area contributed by atoms with Crippen LogP contribution in [-0.2, 0) is 6.18 Å². The maximum absolute atomic E-state index is 12.4. The predicted molar refractivity (Wildman–Crippen MR) is 51.9 cm³/mol. The Kier molecular flexibility index (Phi) is 2.34. The van der Waals surface area contributed by atoms with Crippen LogP contribution < -0.4 is 0 Å². The topological polar surface area (TPSA) is 54.6 Å². The van der Waals surface area contributed by atoms with Crippen molar-refractivity contribution < 1.29 is 23.1 Å². The number of halogens is 3. The molecule has 0 saturated carbocycles. The van der Waals surface area contributed by atoms with Crippen LogP contribution in [0.5, 0.6) is 0 Å². The lowest BCUT2D eigenvalue weighted by atomic mass is 10.2. The van der Waals surface area contributed by atoms with Crippen LogP contribution in [0, 0.1) is 6.92 Å². The predicted octanol–water partition coefficient (Wildman–Crippen LogP) is 2.36. The van der Waals surface area contributed by atoms with Gasteiger partial charge >= 0.3 is 12.1 Å². The summed E-state index contributed by atoms with van der Waals surface area (Å²) in [5.41, 5.74) is -0.841. The number of aromatic carboxylic acids is 1. The molecule has 2 heterocycles. The van der Waals surface area contributed by atoms with Crippen molar-refractivity contribution in [3.8, 4) is 0 Å². The molecule has 4 nitrogen and oxygen atoms in total. The number of hydrogen-bond acceptors (Lipinski definition) is 2. The van der Waals surface area contributed by atoms with E-state index in [0.717, 1.165) is 18.3 Å². The second-order valence-corrected chi connectivity index (χ2v) is 3.49. The van der Waals surface area contributed by atoms with E-state index in [4.69, 9.17) is 5.11 Å². The molecule has 2 rings (SSSR count). The van der Waals surface area contributed by atoms with Crippen molar-refractivity contribution in [1.29, 1.82) is 0 Å². The molecule has 90 valence electrons. The van der Waals surface area contributed by atoms with Gasteiger partial charge in [0.25, 0.3) is 0 Å². The van der Waals surface area contributed by atoms with E-state index in [-0.39, 0.29) is 11.3 Å². The van der Waals surface area contributed by atoms with Gasteiger partial charge in [-0.2, -0.15) is 13.2 Å². The first-order valence-corrected chi connectivity index (χ1v) is 4.60. The highest BCUT2D eigenvalue weighted by atomic mass is 19.4. The minimum Gasteiger partial charge on any atom is -0.476 e. The summed E-state index contributed by atoms with van der Waals surface area (Å²) in [5.74, 6) is -1.26. The molecule has 0 aromatic carbocycles. The summed E-state index contributed by atoms with van der Waals surface area (Å²) in [5, 5.41) is 8.80. The highest BCUT2D eigenvalue weighted by molar-refractivity contribution is 5.87. The molecule has 17 heavy (non-hydrogen) atoms. The first-order valence-electron chi connectivity index (χ1n) is 4.60. The van der Waals surface area contributed by atoms with Gasteiger partial charge in [0, 0.05) is 6.20 Å². The minimum atomic E-state index is -4.47. The Balaban J connectivity index is 2.68. The van der Waals surface area contributed by atoms with Crippen LogP contribution in [0.4, 0.5) is 13.2 Å². The van der Waals surface area contributed by atoms with Crippen LogP contribution in [-0.4, -0.2) is 20.5 Å². The van der Waals surface area contributed by atoms with Crippen molar-refractivity contribution in [2.75, 3.05) is 0 Å². The molecule has 0 aliphatic carbocycles. The van der Waals surface area contributed by atoms with Gasteiger partial charge in [0.2, 0.25) is 0 Å². The summed E-state index contributed by atoms with van der Waals surface area (Å²) in [7, 11) is 0. The Hall–Kier alpha value is -2.05. The van der Waals surface area contributed by atoms with E-state index in [2.05, 4.69) is 4.98 Å². The number of carboxylic acids is 1. The highest BCUT2D eigenvalue weighted by Gasteiger charge is 2.31. The van der Waals surface area contributed by atoms with Gasteiger partial charge in [-0.3, -0.25) is 0 Å². The quantitative estimate of drug-likeness (QED) is 0.837. The second kappa shape index (κ2) is 3.47. The summed E-state index contributed by atoms with van der Waals surface area (Å²) in [6.07, 6.45) is -3.31. The lowest BCUT2D eigenvalue weighted by Gasteiger charge is -2.06. The number of hydrogen-bond donors (Lipinski definition) is 1. The Morgan fingerprint density at radius 2 is 2.12 bits per heavy atom. The Morgan fingerprint density at radius 1 is 1.47 bits per heavy atom. The molecule has 0 amide bonds. The third kappa shape index (κ3) is 1.83. The van der Waals surface area contributed by atoms with E-state index in [9.17, 15) is 18.0 Å². The van der Waals surface area contributed by atoms with Crippen molar-refractivity contribution in [2.24, 2.45) is 0 Å².